The highest BCUT2D eigenvalue weighted by Gasteiger charge is 2.29. The number of amides is 2. The molecule has 0 fully saturated rings. The van der Waals surface area contributed by atoms with Gasteiger partial charge in [0.15, 0.2) is 6.61 Å². The molecule has 0 bridgehead atoms. The quantitative estimate of drug-likeness (QED) is 0.637. The highest BCUT2D eigenvalue weighted by Crippen LogP contribution is 2.18. The number of hydrogen-bond donors (Lipinski definition) is 1. The van der Waals surface area contributed by atoms with Crippen LogP contribution in [0, 0.1) is 19.8 Å². The number of carbonyl (C=O) groups excluding carboxylic acids is 2. The minimum Gasteiger partial charge on any atom is -0.484 e. The first-order chi connectivity index (χ1) is 14.3. The molecule has 2 amide bonds. The predicted octanol–water partition coefficient (Wildman–Crippen LogP) is 4.26. The molecule has 1 atom stereocenters. The third-order valence-electron chi connectivity index (χ3n) is 5.11. The summed E-state index contributed by atoms with van der Waals surface area (Å²) in [6.45, 7) is 10.9. The molecule has 0 aliphatic rings. The first kappa shape index (κ1) is 23.5. The lowest BCUT2D eigenvalue weighted by atomic mass is 10.1. The van der Waals surface area contributed by atoms with Gasteiger partial charge < -0.3 is 15.0 Å². The molecule has 0 saturated carbocycles. The monoisotopic (exact) mass is 410 g/mol. The Kier molecular flexibility index (Phi) is 8.90. The van der Waals surface area contributed by atoms with Gasteiger partial charge in [0, 0.05) is 13.1 Å². The van der Waals surface area contributed by atoms with Crippen LogP contribution in [-0.4, -0.2) is 35.9 Å². The Morgan fingerprint density at radius 1 is 1.03 bits per heavy atom. The van der Waals surface area contributed by atoms with Crippen molar-refractivity contribution in [3.05, 3.63) is 65.2 Å². The van der Waals surface area contributed by atoms with E-state index in [0.29, 0.717) is 31.2 Å². The molecule has 5 nitrogen and oxygen atoms in total. The second kappa shape index (κ2) is 11.4. The maximum absolute atomic E-state index is 13.1. The van der Waals surface area contributed by atoms with Gasteiger partial charge in [0.2, 0.25) is 5.91 Å². The average molecular weight is 411 g/mol. The van der Waals surface area contributed by atoms with Gasteiger partial charge >= 0.3 is 0 Å². The van der Waals surface area contributed by atoms with Crippen LogP contribution in [0.15, 0.2) is 48.5 Å². The van der Waals surface area contributed by atoms with Crippen LogP contribution in [0.2, 0.25) is 0 Å². The second-order valence-corrected chi connectivity index (χ2v) is 8.11. The molecule has 5 heteroatoms. The SMILES string of the molecule is CC[C@H](C(=O)NCC(C)C)N(Cc1ccccc1)C(=O)COc1ccc(C)c(C)c1. The molecule has 0 aliphatic carbocycles. The molecule has 0 aliphatic heterocycles. The van der Waals surface area contributed by atoms with E-state index in [-0.39, 0.29) is 18.4 Å². The summed E-state index contributed by atoms with van der Waals surface area (Å²) in [5.74, 6) is 0.673. The molecule has 1 N–H and O–H groups in total. The van der Waals surface area contributed by atoms with Crippen molar-refractivity contribution in [2.45, 2.75) is 53.6 Å². The standard InChI is InChI=1S/C25H34N2O3/c1-6-23(25(29)26-15-18(2)3)27(16-21-10-8-7-9-11-21)24(28)17-30-22-13-12-19(4)20(5)14-22/h7-14,18,23H,6,15-17H2,1-5H3,(H,26,29)/t23-/m1/s1. The van der Waals surface area contributed by atoms with Gasteiger partial charge in [-0.3, -0.25) is 9.59 Å². The number of aryl methyl sites for hydroxylation is 2. The molecule has 2 aromatic rings. The number of nitrogens with one attached hydrogen (secondary N) is 1. The first-order valence-corrected chi connectivity index (χ1v) is 10.6. The number of carbonyl (C=O) groups is 2. The lowest BCUT2D eigenvalue weighted by Gasteiger charge is -2.30. The van der Waals surface area contributed by atoms with Gasteiger partial charge in [-0.2, -0.15) is 0 Å². The Balaban J connectivity index is 2.16. The summed E-state index contributed by atoms with van der Waals surface area (Å²) < 4.78 is 5.77. The third kappa shape index (κ3) is 6.90. The molecular formula is C25H34N2O3. The van der Waals surface area contributed by atoms with E-state index in [1.165, 1.54) is 5.56 Å². The number of ether oxygens (including phenoxy) is 1. The fourth-order valence-corrected chi connectivity index (χ4v) is 3.15. The van der Waals surface area contributed by atoms with Crippen LogP contribution in [-0.2, 0) is 16.1 Å². The molecule has 30 heavy (non-hydrogen) atoms. The molecular weight excluding hydrogens is 376 g/mol. The predicted molar refractivity (Wildman–Crippen MR) is 120 cm³/mol. The van der Waals surface area contributed by atoms with Crippen molar-refractivity contribution in [2.75, 3.05) is 13.2 Å². The van der Waals surface area contributed by atoms with Crippen molar-refractivity contribution in [1.82, 2.24) is 10.2 Å². The van der Waals surface area contributed by atoms with Crippen LogP contribution in [0.1, 0.15) is 43.9 Å². The summed E-state index contributed by atoms with van der Waals surface area (Å²) in [4.78, 5) is 27.6. The van der Waals surface area contributed by atoms with Gasteiger partial charge in [-0.15, -0.1) is 0 Å². The highest BCUT2D eigenvalue weighted by atomic mass is 16.5. The lowest BCUT2D eigenvalue weighted by Crippen LogP contribution is -2.50. The Labute approximate surface area is 180 Å². The fraction of sp³-hybridized carbons (Fsp3) is 0.440. The van der Waals surface area contributed by atoms with Gasteiger partial charge in [-0.1, -0.05) is 57.2 Å². The van der Waals surface area contributed by atoms with Crippen molar-refractivity contribution in [2.24, 2.45) is 5.92 Å². The van der Waals surface area contributed by atoms with Gasteiger partial charge in [0.05, 0.1) is 0 Å². The zero-order valence-electron chi connectivity index (χ0n) is 18.8. The molecule has 2 aromatic carbocycles. The lowest BCUT2D eigenvalue weighted by molar-refractivity contribution is -0.143. The van der Waals surface area contributed by atoms with E-state index in [2.05, 4.69) is 5.32 Å². The van der Waals surface area contributed by atoms with E-state index in [9.17, 15) is 9.59 Å². The topological polar surface area (TPSA) is 58.6 Å². The minimum absolute atomic E-state index is 0.108. The molecule has 162 valence electrons. The Bertz CT molecular complexity index is 834. The van der Waals surface area contributed by atoms with Crippen molar-refractivity contribution < 1.29 is 14.3 Å². The van der Waals surface area contributed by atoms with Gasteiger partial charge in [-0.25, -0.2) is 0 Å². The van der Waals surface area contributed by atoms with E-state index in [1.54, 1.807) is 4.90 Å². The van der Waals surface area contributed by atoms with Crippen LogP contribution < -0.4 is 10.1 Å². The summed E-state index contributed by atoms with van der Waals surface area (Å²) >= 11 is 0. The smallest absolute Gasteiger partial charge is 0.261 e. The van der Waals surface area contributed by atoms with Crippen LogP contribution >= 0.6 is 0 Å². The van der Waals surface area contributed by atoms with Crippen molar-refractivity contribution in [3.63, 3.8) is 0 Å². The number of hydrogen-bond acceptors (Lipinski definition) is 3. The highest BCUT2D eigenvalue weighted by molar-refractivity contribution is 5.88. The molecule has 0 heterocycles. The molecule has 0 radical (unpaired) electrons. The van der Waals surface area contributed by atoms with Crippen molar-refractivity contribution in [3.8, 4) is 5.75 Å². The van der Waals surface area contributed by atoms with Crippen LogP contribution in [0.5, 0.6) is 5.75 Å². The molecule has 0 saturated heterocycles. The normalized spacial score (nSPS) is 11.8. The second-order valence-electron chi connectivity index (χ2n) is 8.11. The number of nitrogens with zero attached hydrogens (tertiary/aromatic N) is 1. The summed E-state index contributed by atoms with van der Waals surface area (Å²) in [6.07, 6.45) is 0.534. The molecule has 2 rings (SSSR count). The van der Waals surface area contributed by atoms with E-state index < -0.39 is 6.04 Å². The van der Waals surface area contributed by atoms with E-state index in [0.717, 1.165) is 11.1 Å². The maximum atomic E-state index is 13.1. The molecule has 0 spiro atoms. The van der Waals surface area contributed by atoms with Crippen LogP contribution in [0.4, 0.5) is 0 Å². The van der Waals surface area contributed by atoms with E-state index in [4.69, 9.17) is 4.74 Å². The third-order valence-corrected chi connectivity index (χ3v) is 5.11. The average Bonchev–Trinajstić information content (AvgIpc) is 2.73. The minimum atomic E-state index is -0.542. The largest absolute Gasteiger partial charge is 0.484 e. The Morgan fingerprint density at radius 3 is 2.33 bits per heavy atom. The molecule has 0 unspecified atom stereocenters. The molecule has 0 aromatic heterocycles. The van der Waals surface area contributed by atoms with Crippen molar-refractivity contribution in [1.29, 1.82) is 0 Å². The summed E-state index contributed by atoms with van der Waals surface area (Å²) in [5.41, 5.74) is 3.26. The zero-order valence-corrected chi connectivity index (χ0v) is 18.8. The van der Waals surface area contributed by atoms with Gasteiger partial charge in [0.1, 0.15) is 11.8 Å². The Hall–Kier alpha value is -2.82. The van der Waals surface area contributed by atoms with Gasteiger partial charge in [-0.05, 0) is 55.0 Å². The fourth-order valence-electron chi connectivity index (χ4n) is 3.15. The Morgan fingerprint density at radius 2 is 1.73 bits per heavy atom. The number of rotatable bonds is 10. The van der Waals surface area contributed by atoms with Crippen LogP contribution in [0.3, 0.4) is 0 Å². The van der Waals surface area contributed by atoms with Crippen molar-refractivity contribution >= 4 is 11.8 Å². The number of benzene rings is 2. The summed E-state index contributed by atoms with van der Waals surface area (Å²) in [7, 11) is 0. The van der Waals surface area contributed by atoms with Gasteiger partial charge in [0.25, 0.3) is 5.91 Å². The van der Waals surface area contributed by atoms with Crippen LogP contribution in [0.25, 0.3) is 0 Å². The maximum Gasteiger partial charge on any atom is 0.261 e. The van der Waals surface area contributed by atoms with E-state index >= 15 is 0 Å². The van der Waals surface area contributed by atoms with E-state index in [1.807, 2.05) is 83.1 Å². The zero-order chi connectivity index (χ0) is 22.1. The summed E-state index contributed by atoms with van der Waals surface area (Å²) in [6, 6.07) is 15.0. The summed E-state index contributed by atoms with van der Waals surface area (Å²) in [5, 5.41) is 2.97. The first-order valence-electron chi connectivity index (χ1n) is 10.6.